The molecule has 0 spiro atoms. The summed E-state index contributed by atoms with van der Waals surface area (Å²) in [7, 11) is 0. The van der Waals surface area contributed by atoms with Crippen LogP contribution in [0.3, 0.4) is 0 Å². The molecule has 4 rings (SSSR count). The highest BCUT2D eigenvalue weighted by Gasteiger charge is 2.66. The molecule has 1 aromatic carbocycles. The van der Waals surface area contributed by atoms with Gasteiger partial charge in [-0.1, -0.05) is 17.7 Å². The number of nitrogens with one attached hydrogen (secondary N) is 1. The maximum atomic E-state index is 13.9. The molecule has 0 saturated heterocycles. The van der Waals surface area contributed by atoms with Crippen LogP contribution in [0.4, 0.5) is 4.39 Å². The summed E-state index contributed by atoms with van der Waals surface area (Å²) >= 11 is 6.14. The van der Waals surface area contributed by atoms with Crippen LogP contribution in [0.2, 0.25) is 5.02 Å². The Morgan fingerprint density at radius 1 is 1.30 bits per heavy atom. The first kappa shape index (κ1) is 13.1. The smallest absolute Gasteiger partial charge is 0.127 e. The normalized spacial score (nSPS) is 38.9. The van der Waals surface area contributed by atoms with E-state index in [1.165, 1.54) is 25.3 Å². The fourth-order valence-corrected chi connectivity index (χ4v) is 5.42. The van der Waals surface area contributed by atoms with Crippen LogP contribution in [-0.2, 0) is 6.42 Å². The molecular formula is C16H20ClFN2. The van der Waals surface area contributed by atoms with Gasteiger partial charge in [0.15, 0.2) is 0 Å². The third kappa shape index (κ3) is 1.83. The highest BCUT2D eigenvalue weighted by Crippen LogP contribution is 2.70. The maximum absolute atomic E-state index is 13.9. The molecule has 3 saturated carbocycles. The number of halogens is 2. The van der Waals surface area contributed by atoms with Crippen molar-refractivity contribution < 1.29 is 4.39 Å². The number of rotatable bonds is 4. The minimum atomic E-state index is -0.216. The van der Waals surface area contributed by atoms with E-state index < -0.39 is 0 Å². The van der Waals surface area contributed by atoms with Crippen molar-refractivity contribution in [2.45, 2.75) is 31.7 Å². The zero-order valence-electron chi connectivity index (χ0n) is 11.4. The lowest BCUT2D eigenvalue weighted by Gasteiger charge is -2.20. The first-order valence-electron chi connectivity index (χ1n) is 7.59. The monoisotopic (exact) mass is 294 g/mol. The second-order valence-electron chi connectivity index (χ2n) is 6.74. The third-order valence-corrected chi connectivity index (χ3v) is 6.31. The summed E-state index contributed by atoms with van der Waals surface area (Å²) in [4.78, 5) is 0. The van der Waals surface area contributed by atoms with Crippen LogP contribution in [0.25, 0.3) is 0 Å². The Kier molecular flexibility index (Phi) is 3.06. The van der Waals surface area contributed by atoms with Crippen molar-refractivity contribution in [2.75, 3.05) is 0 Å². The van der Waals surface area contributed by atoms with Gasteiger partial charge < -0.3 is 0 Å². The van der Waals surface area contributed by atoms with Crippen molar-refractivity contribution in [3.05, 3.63) is 34.6 Å². The Labute approximate surface area is 123 Å². The lowest BCUT2D eigenvalue weighted by Crippen LogP contribution is -2.40. The van der Waals surface area contributed by atoms with Gasteiger partial charge >= 0.3 is 0 Å². The molecule has 108 valence electrons. The maximum Gasteiger partial charge on any atom is 0.127 e. The van der Waals surface area contributed by atoms with Gasteiger partial charge in [-0.15, -0.1) is 0 Å². The summed E-state index contributed by atoms with van der Waals surface area (Å²) in [6.07, 6.45) is 4.79. The van der Waals surface area contributed by atoms with Crippen molar-refractivity contribution in [3.63, 3.8) is 0 Å². The summed E-state index contributed by atoms with van der Waals surface area (Å²) in [6, 6.07) is 5.04. The van der Waals surface area contributed by atoms with Crippen molar-refractivity contribution >= 4 is 11.6 Å². The van der Waals surface area contributed by atoms with Crippen molar-refractivity contribution in [1.82, 2.24) is 5.43 Å². The molecule has 3 fully saturated rings. The van der Waals surface area contributed by atoms with E-state index in [-0.39, 0.29) is 11.9 Å². The van der Waals surface area contributed by atoms with Gasteiger partial charge in [0.25, 0.3) is 0 Å². The van der Waals surface area contributed by atoms with Gasteiger partial charge in [-0.05, 0) is 67.4 Å². The standard InChI is InChI=1S/C16H20ClFN2/c17-11-2-1-3-12(18)10(11)7-13(20-19)16-14-8-4-5-9(6-8)15(14)16/h1-3,8-9,13-16,20H,4-7,19H2. The molecule has 2 bridgehead atoms. The Morgan fingerprint density at radius 2 is 2.00 bits per heavy atom. The largest absolute Gasteiger partial charge is 0.271 e. The van der Waals surface area contributed by atoms with Gasteiger partial charge in [-0.25, -0.2) is 4.39 Å². The topological polar surface area (TPSA) is 38.0 Å². The van der Waals surface area contributed by atoms with Gasteiger partial charge in [0.05, 0.1) is 0 Å². The summed E-state index contributed by atoms with van der Waals surface area (Å²) < 4.78 is 13.9. The fraction of sp³-hybridized carbons (Fsp3) is 0.625. The second-order valence-corrected chi connectivity index (χ2v) is 7.15. The molecule has 0 radical (unpaired) electrons. The summed E-state index contributed by atoms with van der Waals surface area (Å²) in [5.74, 6) is 9.65. The van der Waals surface area contributed by atoms with E-state index in [0.29, 0.717) is 22.9 Å². The Balaban J connectivity index is 1.53. The lowest BCUT2D eigenvalue weighted by atomic mass is 9.93. The number of hydrogen-bond donors (Lipinski definition) is 2. The van der Waals surface area contributed by atoms with Crippen LogP contribution in [0.15, 0.2) is 18.2 Å². The van der Waals surface area contributed by atoms with Crippen LogP contribution in [0.5, 0.6) is 0 Å². The molecule has 0 heterocycles. The quantitative estimate of drug-likeness (QED) is 0.661. The van der Waals surface area contributed by atoms with E-state index in [0.717, 1.165) is 23.7 Å². The number of nitrogens with two attached hydrogens (primary N) is 1. The molecule has 0 aliphatic heterocycles. The molecule has 3 aliphatic carbocycles. The number of hydrogen-bond acceptors (Lipinski definition) is 2. The van der Waals surface area contributed by atoms with Crippen molar-refractivity contribution in [1.29, 1.82) is 0 Å². The van der Waals surface area contributed by atoms with Gasteiger partial charge in [0.1, 0.15) is 5.82 Å². The Bertz CT molecular complexity index is 499. The lowest BCUT2D eigenvalue weighted by molar-refractivity contribution is 0.362. The first-order chi connectivity index (χ1) is 9.70. The highest BCUT2D eigenvalue weighted by molar-refractivity contribution is 6.31. The SMILES string of the molecule is NNC(Cc1c(F)cccc1Cl)C1C2C3CCC(C3)C21. The average Bonchev–Trinajstić information content (AvgIpc) is 2.87. The zero-order valence-corrected chi connectivity index (χ0v) is 12.1. The van der Waals surface area contributed by atoms with E-state index in [4.69, 9.17) is 17.4 Å². The van der Waals surface area contributed by atoms with E-state index >= 15 is 0 Å². The zero-order chi connectivity index (χ0) is 13.9. The molecule has 1 aromatic rings. The molecule has 20 heavy (non-hydrogen) atoms. The third-order valence-electron chi connectivity index (χ3n) is 5.96. The molecule has 3 aliphatic rings. The van der Waals surface area contributed by atoms with Gasteiger partial charge in [0, 0.05) is 16.6 Å². The minimum Gasteiger partial charge on any atom is -0.271 e. The predicted molar refractivity (Wildman–Crippen MR) is 77.5 cm³/mol. The Hall–Kier alpha value is -0.640. The molecule has 3 N–H and O–H groups in total. The summed E-state index contributed by atoms with van der Waals surface area (Å²) in [6.45, 7) is 0. The van der Waals surface area contributed by atoms with Crippen LogP contribution < -0.4 is 11.3 Å². The van der Waals surface area contributed by atoms with Gasteiger partial charge in [0.2, 0.25) is 0 Å². The highest BCUT2D eigenvalue weighted by atomic mass is 35.5. The average molecular weight is 295 g/mol. The summed E-state index contributed by atoms with van der Waals surface area (Å²) in [5.41, 5.74) is 3.55. The van der Waals surface area contributed by atoms with Gasteiger partial charge in [-0.2, -0.15) is 0 Å². The van der Waals surface area contributed by atoms with E-state index in [2.05, 4.69) is 5.43 Å². The molecule has 5 unspecified atom stereocenters. The van der Waals surface area contributed by atoms with Crippen molar-refractivity contribution in [2.24, 2.45) is 35.4 Å². The molecule has 5 atom stereocenters. The van der Waals surface area contributed by atoms with Crippen LogP contribution in [0.1, 0.15) is 24.8 Å². The predicted octanol–water partition coefficient (Wildman–Crippen LogP) is 3.15. The first-order valence-corrected chi connectivity index (χ1v) is 7.97. The number of benzene rings is 1. The van der Waals surface area contributed by atoms with Crippen LogP contribution in [-0.4, -0.2) is 6.04 Å². The molecule has 2 nitrogen and oxygen atoms in total. The van der Waals surface area contributed by atoms with E-state index in [1.807, 2.05) is 0 Å². The van der Waals surface area contributed by atoms with Crippen LogP contribution >= 0.6 is 11.6 Å². The molecular weight excluding hydrogens is 275 g/mol. The fourth-order valence-electron chi connectivity index (χ4n) is 5.18. The Morgan fingerprint density at radius 3 is 2.60 bits per heavy atom. The van der Waals surface area contributed by atoms with E-state index in [1.54, 1.807) is 12.1 Å². The second kappa shape index (κ2) is 4.69. The van der Waals surface area contributed by atoms with Gasteiger partial charge in [-0.3, -0.25) is 11.3 Å². The number of hydrazine groups is 1. The molecule has 0 amide bonds. The minimum absolute atomic E-state index is 0.155. The summed E-state index contributed by atoms with van der Waals surface area (Å²) in [5, 5.41) is 0.513. The molecule has 4 heteroatoms. The number of fused-ring (bicyclic) bond motifs is 5. The van der Waals surface area contributed by atoms with E-state index in [9.17, 15) is 4.39 Å². The molecule has 0 aromatic heterocycles. The van der Waals surface area contributed by atoms with Crippen LogP contribution in [0, 0.1) is 35.4 Å². The van der Waals surface area contributed by atoms with Crippen molar-refractivity contribution in [3.8, 4) is 0 Å².